The number of hydrogen-bond donors (Lipinski definition) is 1. The number of benzene rings is 3. The first-order chi connectivity index (χ1) is 12.6. The van der Waals surface area contributed by atoms with E-state index in [1.807, 2.05) is 42.5 Å². The van der Waals surface area contributed by atoms with Gasteiger partial charge in [0.25, 0.3) is 0 Å². The number of anilines is 1. The molecule has 0 heterocycles. The molecular formula is C22H18FNO2. The largest absolute Gasteiger partial charge is 0.324 e. The molecule has 4 heteroatoms. The third-order valence-corrected chi connectivity index (χ3v) is 4.04. The van der Waals surface area contributed by atoms with Gasteiger partial charge in [0, 0.05) is 18.4 Å². The number of nitrogens with one attached hydrogen (secondary N) is 1. The van der Waals surface area contributed by atoms with Gasteiger partial charge in [-0.25, -0.2) is 4.39 Å². The van der Waals surface area contributed by atoms with Gasteiger partial charge in [-0.3, -0.25) is 9.59 Å². The standard InChI is InChI=1S/C22H18FNO2/c23-19-8-4-5-9-20(19)24-22(26)15-14-21(25)18-12-10-17(11-13-18)16-6-2-1-3-7-16/h1-13H,14-15H2,(H,24,26). The van der Waals surface area contributed by atoms with Gasteiger partial charge >= 0.3 is 0 Å². The van der Waals surface area contributed by atoms with E-state index in [1.54, 1.807) is 24.3 Å². The molecule has 0 aliphatic heterocycles. The Bertz CT molecular complexity index is 905. The molecule has 0 unspecified atom stereocenters. The van der Waals surface area contributed by atoms with Gasteiger partial charge in [-0.1, -0.05) is 66.7 Å². The Morgan fingerprint density at radius 1 is 0.731 bits per heavy atom. The van der Waals surface area contributed by atoms with Crippen molar-refractivity contribution in [2.45, 2.75) is 12.8 Å². The number of amides is 1. The normalized spacial score (nSPS) is 10.3. The van der Waals surface area contributed by atoms with Crippen molar-refractivity contribution in [1.82, 2.24) is 0 Å². The van der Waals surface area contributed by atoms with Crippen molar-refractivity contribution in [2.24, 2.45) is 0 Å². The maximum Gasteiger partial charge on any atom is 0.224 e. The smallest absolute Gasteiger partial charge is 0.224 e. The first-order valence-corrected chi connectivity index (χ1v) is 8.36. The maximum atomic E-state index is 13.5. The topological polar surface area (TPSA) is 46.2 Å². The lowest BCUT2D eigenvalue weighted by molar-refractivity contribution is -0.116. The van der Waals surface area contributed by atoms with Gasteiger partial charge in [0.2, 0.25) is 5.91 Å². The Morgan fingerprint density at radius 3 is 2.04 bits per heavy atom. The zero-order chi connectivity index (χ0) is 18.4. The van der Waals surface area contributed by atoms with Crippen LogP contribution in [0.1, 0.15) is 23.2 Å². The number of Topliss-reactive ketones (excluding diaryl/α,β-unsaturated/α-hetero) is 1. The Morgan fingerprint density at radius 2 is 1.35 bits per heavy atom. The molecule has 0 aliphatic carbocycles. The molecule has 0 atom stereocenters. The van der Waals surface area contributed by atoms with Crippen molar-refractivity contribution in [3.8, 4) is 11.1 Å². The van der Waals surface area contributed by atoms with Crippen LogP contribution in [-0.4, -0.2) is 11.7 Å². The second-order valence-electron chi connectivity index (χ2n) is 5.89. The summed E-state index contributed by atoms with van der Waals surface area (Å²) in [6.07, 6.45) is 0.0819. The molecule has 3 aromatic rings. The highest BCUT2D eigenvalue weighted by molar-refractivity contribution is 6.00. The average Bonchev–Trinajstić information content (AvgIpc) is 2.69. The van der Waals surface area contributed by atoms with Gasteiger partial charge in [0.1, 0.15) is 5.82 Å². The summed E-state index contributed by atoms with van der Waals surface area (Å²) in [7, 11) is 0. The first-order valence-electron chi connectivity index (χ1n) is 8.36. The summed E-state index contributed by atoms with van der Waals surface area (Å²) in [4.78, 5) is 24.2. The molecule has 0 saturated heterocycles. The molecule has 26 heavy (non-hydrogen) atoms. The number of carbonyl (C=O) groups is 2. The van der Waals surface area contributed by atoms with Crippen LogP contribution in [0.15, 0.2) is 78.9 Å². The van der Waals surface area contributed by atoms with E-state index in [9.17, 15) is 14.0 Å². The lowest BCUT2D eigenvalue weighted by atomic mass is 10.0. The summed E-state index contributed by atoms with van der Waals surface area (Å²) in [5.74, 6) is -0.999. The van der Waals surface area contributed by atoms with Gasteiger partial charge < -0.3 is 5.32 Å². The van der Waals surface area contributed by atoms with E-state index < -0.39 is 5.82 Å². The van der Waals surface area contributed by atoms with Crippen molar-refractivity contribution in [2.75, 3.05) is 5.32 Å². The van der Waals surface area contributed by atoms with Crippen LogP contribution >= 0.6 is 0 Å². The molecule has 0 fully saturated rings. The molecule has 0 aromatic heterocycles. The number of para-hydroxylation sites is 1. The van der Waals surface area contributed by atoms with E-state index in [-0.39, 0.29) is 30.2 Å². The molecule has 3 aromatic carbocycles. The minimum atomic E-state index is -0.497. The first kappa shape index (κ1) is 17.5. The van der Waals surface area contributed by atoms with Crippen molar-refractivity contribution in [1.29, 1.82) is 0 Å². The Hall–Kier alpha value is -3.27. The fraction of sp³-hybridized carbons (Fsp3) is 0.0909. The predicted molar refractivity (Wildman–Crippen MR) is 100 cm³/mol. The summed E-state index contributed by atoms with van der Waals surface area (Å²) in [6.45, 7) is 0. The molecule has 0 saturated carbocycles. The van der Waals surface area contributed by atoms with Gasteiger partial charge in [-0.2, -0.15) is 0 Å². The molecular weight excluding hydrogens is 329 g/mol. The van der Waals surface area contributed by atoms with Crippen molar-refractivity contribution in [3.05, 3.63) is 90.2 Å². The van der Waals surface area contributed by atoms with Crippen molar-refractivity contribution >= 4 is 17.4 Å². The van der Waals surface area contributed by atoms with Crippen LogP contribution in [0.3, 0.4) is 0 Å². The summed E-state index contributed by atoms with van der Waals surface area (Å²) in [5, 5.41) is 2.48. The highest BCUT2D eigenvalue weighted by Crippen LogP contribution is 2.20. The van der Waals surface area contributed by atoms with Crippen LogP contribution in [0.2, 0.25) is 0 Å². The molecule has 0 radical (unpaired) electrons. The summed E-state index contributed by atoms with van der Waals surface area (Å²) < 4.78 is 13.5. The molecule has 3 rings (SSSR count). The van der Waals surface area contributed by atoms with Crippen molar-refractivity contribution < 1.29 is 14.0 Å². The third kappa shape index (κ3) is 4.42. The van der Waals surface area contributed by atoms with Gasteiger partial charge in [-0.15, -0.1) is 0 Å². The summed E-state index contributed by atoms with van der Waals surface area (Å²) in [5.41, 5.74) is 2.79. The van der Waals surface area contributed by atoms with Gasteiger partial charge in [0.05, 0.1) is 5.69 Å². The lowest BCUT2D eigenvalue weighted by Crippen LogP contribution is -2.14. The van der Waals surface area contributed by atoms with Gasteiger partial charge in [-0.05, 0) is 23.3 Å². The molecule has 0 aliphatic rings. The van der Waals surface area contributed by atoms with Crippen LogP contribution in [0, 0.1) is 5.82 Å². The molecule has 3 nitrogen and oxygen atoms in total. The van der Waals surface area contributed by atoms with E-state index in [2.05, 4.69) is 5.32 Å². The van der Waals surface area contributed by atoms with E-state index in [4.69, 9.17) is 0 Å². The van der Waals surface area contributed by atoms with Crippen LogP contribution in [0.5, 0.6) is 0 Å². The fourth-order valence-electron chi connectivity index (χ4n) is 2.63. The van der Waals surface area contributed by atoms with E-state index >= 15 is 0 Å². The molecule has 130 valence electrons. The predicted octanol–water partition coefficient (Wildman–Crippen LogP) is 5.09. The van der Waals surface area contributed by atoms with E-state index in [0.29, 0.717) is 5.56 Å². The monoisotopic (exact) mass is 347 g/mol. The van der Waals surface area contributed by atoms with Crippen LogP contribution in [-0.2, 0) is 4.79 Å². The highest BCUT2D eigenvalue weighted by atomic mass is 19.1. The highest BCUT2D eigenvalue weighted by Gasteiger charge is 2.11. The second kappa shape index (κ2) is 8.21. The number of hydrogen-bond acceptors (Lipinski definition) is 2. The minimum absolute atomic E-state index is 0.00754. The molecule has 0 bridgehead atoms. The van der Waals surface area contributed by atoms with Crippen molar-refractivity contribution in [3.63, 3.8) is 0 Å². The Labute approximate surface area is 151 Å². The minimum Gasteiger partial charge on any atom is -0.324 e. The summed E-state index contributed by atoms with van der Waals surface area (Å²) in [6, 6.07) is 23.1. The number of rotatable bonds is 6. The molecule has 0 spiro atoms. The van der Waals surface area contributed by atoms with Gasteiger partial charge in [0.15, 0.2) is 5.78 Å². The second-order valence-corrected chi connectivity index (χ2v) is 5.89. The lowest BCUT2D eigenvalue weighted by Gasteiger charge is -2.06. The number of ketones is 1. The molecule has 1 amide bonds. The third-order valence-electron chi connectivity index (χ3n) is 4.04. The Balaban J connectivity index is 1.56. The summed E-state index contributed by atoms with van der Waals surface area (Å²) >= 11 is 0. The van der Waals surface area contributed by atoms with Crippen LogP contribution in [0.25, 0.3) is 11.1 Å². The SMILES string of the molecule is O=C(CCC(=O)c1ccc(-c2ccccc2)cc1)Nc1ccccc1F. The Kier molecular flexibility index (Phi) is 5.54. The number of halogens is 1. The quantitative estimate of drug-likeness (QED) is 0.631. The zero-order valence-electron chi connectivity index (χ0n) is 14.1. The zero-order valence-corrected chi connectivity index (χ0v) is 14.1. The van der Waals surface area contributed by atoms with Crippen LogP contribution in [0.4, 0.5) is 10.1 Å². The maximum absolute atomic E-state index is 13.5. The number of carbonyl (C=O) groups excluding carboxylic acids is 2. The van der Waals surface area contributed by atoms with E-state index in [0.717, 1.165) is 11.1 Å². The average molecular weight is 347 g/mol. The van der Waals surface area contributed by atoms with Crippen LogP contribution < -0.4 is 5.32 Å². The fourth-order valence-corrected chi connectivity index (χ4v) is 2.63. The molecule has 1 N–H and O–H groups in total. The van der Waals surface area contributed by atoms with E-state index in [1.165, 1.54) is 12.1 Å².